The molecule has 174 valence electrons. The number of benzene rings is 3. The van der Waals surface area contributed by atoms with Crippen molar-refractivity contribution in [3.63, 3.8) is 0 Å². The molecule has 0 bridgehead atoms. The van der Waals surface area contributed by atoms with Gasteiger partial charge in [0.05, 0.1) is 11.7 Å². The van der Waals surface area contributed by atoms with E-state index in [9.17, 15) is 4.79 Å². The van der Waals surface area contributed by atoms with Gasteiger partial charge in [0, 0.05) is 6.61 Å². The molecule has 3 heteroatoms. The van der Waals surface area contributed by atoms with Gasteiger partial charge in [-0.25, -0.2) is 4.79 Å². The lowest BCUT2D eigenvalue weighted by molar-refractivity contribution is 0.0628. The van der Waals surface area contributed by atoms with Crippen LogP contribution in [-0.4, -0.2) is 12.6 Å². The molecule has 0 amide bonds. The summed E-state index contributed by atoms with van der Waals surface area (Å²) in [5, 5.41) is 0. The smallest absolute Gasteiger partial charge is 0.343 e. The first-order valence-corrected chi connectivity index (χ1v) is 12.2. The Kier molecular flexibility index (Phi) is 9.71. The highest BCUT2D eigenvalue weighted by Gasteiger charge is 2.10. The van der Waals surface area contributed by atoms with Gasteiger partial charge >= 0.3 is 5.97 Å². The third-order valence-corrected chi connectivity index (χ3v) is 5.87. The monoisotopic (exact) mass is 444 g/mol. The largest absolute Gasteiger partial charge is 0.423 e. The number of esters is 1. The van der Waals surface area contributed by atoms with Crippen LogP contribution in [0.5, 0.6) is 5.75 Å². The molecule has 3 aromatic rings. The molecule has 3 aromatic carbocycles. The van der Waals surface area contributed by atoms with Crippen molar-refractivity contribution in [1.29, 1.82) is 0 Å². The van der Waals surface area contributed by atoms with E-state index in [-0.39, 0.29) is 12.1 Å². The third-order valence-electron chi connectivity index (χ3n) is 5.87. The molecule has 0 heterocycles. The molecule has 1 unspecified atom stereocenters. The first kappa shape index (κ1) is 24.7. The van der Waals surface area contributed by atoms with Crippen LogP contribution in [0.4, 0.5) is 0 Å². The second kappa shape index (κ2) is 13.0. The van der Waals surface area contributed by atoms with E-state index in [4.69, 9.17) is 9.47 Å². The fourth-order valence-corrected chi connectivity index (χ4v) is 3.81. The minimum atomic E-state index is -0.334. The van der Waals surface area contributed by atoms with Gasteiger partial charge in [-0.2, -0.15) is 0 Å². The maximum atomic E-state index is 12.4. The van der Waals surface area contributed by atoms with Crippen LogP contribution in [-0.2, 0) is 11.2 Å². The number of unbranched alkanes of at least 4 members (excludes halogenated alkanes) is 3. The Labute approximate surface area is 198 Å². The van der Waals surface area contributed by atoms with Crippen molar-refractivity contribution in [3.05, 3.63) is 89.5 Å². The zero-order valence-corrected chi connectivity index (χ0v) is 20.2. The quantitative estimate of drug-likeness (QED) is 0.160. The average Bonchev–Trinajstić information content (AvgIpc) is 2.85. The maximum absolute atomic E-state index is 12.4. The van der Waals surface area contributed by atoms with Gasteiger partial charge in [0.2, 0.25) is 0 Å². The molecule has 0 saturated heterocycles. The Balaban J connectivity index is 1.54. The lowest BCUT2D eigenvalue weighted by Crippen LogP contribution is -2.08. The average molecular weight is 445 g/mol. The van der Waals surface area contributed by atoms with Crippen LogP contribution >= 0.6 is 0 Å². The topological polar surface area (TPSA) is 35.5 Å². The van der Waals surface area contributed by atoms with Crippen LogP contribution in [0.15, 0.2) is 72.8 Å². The van der Waals surface area contributed by atoms with Crippen LogP contribution in [0.1, 0.15) is 80.5 Å². The van der Waals surface area contributed by atoms with Gasteiger partial charge in [0.25, 0.3) is 0 Å². The van der Waals surface area contributed by atoms with E-state index in [2.05, 4.69) is 45.0 Å². The number of hydrogen-bond acceptors (Lipinski definition) is 3. The summed E-state index contributed by atoms with van der Waals surface area (Å²) in [6, 6.07) is 23.8. The molecule has 0 aliphatic rings. The van der Waals surface area contributed by atoms with Crippen LogP contribution in [0.2, 0.25) is 0 Å². The standard InChI is InChI=1S/C30H36O3/c1-4-6-7-8-22-32-23(3)25-14-16-26(17-15-25)27-18-20-29(21-19-27)33-30(31)28-12-10-24(9-5-2)11-13-28/h10-21,23H,4-9,22H2,1-3H3. The molecule has 0 N–H and O–H groups in total. The Bertz CT molecular complexity index is 973. The van der Waals surface area contributed by atoms with Crippen molar-refractivity contribution < 1.29 is 14.3 Å². The molecule has 33 heavy (non-hydrogen) atoms. The highest BCUT2D eigenvalue weighted by atomic mass is 16.5. The normalized spacial score (nSPS) is 11.8. The first-order chi connectivity index (χ1) is 16.1. The number of carbonyl (C=O) groups excluding carboxylic acids is 1. The van der Waals surface area contributed by atoms with Crippen molar-refractivity contribution in [1.82, 2.24) is 0 Å². The van der Waals surface area contributed by atoms with Gasteiger partial charge in [-0.15, -0.1) is 0 Å². The van der Waals surface area contributed by atoms with Gasteiger partial charge in [-0.05, 0) is 66.3 Å². The van der Waals surface area contributed by atoms with E-state index >= 15 is 0 Å². The number of aryl methyl sites for hydroxylation is 1. The van der Waals surface area contributed by atoms with Gasteiger partial charge in [-0.1, -0.05) is 88.1 Å². The molecular formula is C30H36O3. The fourth-order valence-electron chi connectivity index (χ4n) is 3.81. The summed E-state index contributed by atoms with van der Waals surface area (Å²) >= 11 is 0. The SMILES string of the molecule is CCCCCCOC(C)c1ccc(-c2ccc(OC(=O)c3ccc(CCC)cc3)cc2)cc1. The molecule has 0 radical (unpaired) electrons. The van der Waals surface area contributed by atoms with Gasteiger partial charge < -0.3 is 9.47 Å². The summed E-state index contributed by atoms with van der Waals surface area (Å²) in [4.78, 5) is 12.4. The second-order valence-corrected chi connectivity index (χ2v) is 8.56. The highest BCUT2D eigenvalue weighted by Crippen LogP contribution is 2.26. The molecular weight excluding hydrogens is 408 g/mol. The van der Waals surface area contributed by atoms with Crippen molar-refractivity contribution in [2.24, 2.45) is 0 Å². The van der Waals surface area contributed by atoms with Crippen LogP contribution in [0.3, 0.4) is 0 Å². The zero-order valence-electron chi connectivity index (χ0n) is 20.2. The minimum absolute atomic E-state index is 0.0958. The van der Waals surface area contributed by atoms with Gasteiger partial charge in [0.1, 0.15) is 5.75 Å². The summed E-state index contributed by atoms with van der Waals surface area (Å²) in [6.07, 6.45) is 7.08. The number of hydrogen-bond donors (Lipinski definition) is 0. The van der Waals surface area contributed by atoms with E-state index in [1.54, 1.807) is 0 Å². The van der Waals surface area contributed by atoms with Crippen LogP contribution in [0.25, 0.3) is 11.1 Å². The molecule has 3 nitrogen and oxygen atoms in total. The first-order valence-electron chi connectivity index (χ1n) is 12.2. The van der Waals surface area contributed by atoms with E-state index in [0.29, 0.717) is 11.3 Å². The zero-order chi connectivity index (χ0) is 23.5. The van der Waals surface area contributed by atoms with Crippen molar-refractivity contribution in [2.45, 2.75) is 65.4 Å². The van der Waals surface area contributed by atoms with Gasteiger partial charge in [0.15, 0.2) is 0 Å². The van der Waals surface area contributed by atoms with E-state index in [0.717, 1.165) is 37.0 Å². The number of rotatable bonds is 12. The van der Waals surface area contributed by atoms with Crippen molar-refractivity contribution in [2.75, 3.05) is 6.61 Å². The van der Waals surface area contributed by atoms with Crippen molar-refractivity contribution >= 4 is 5.97 Å². The predicted octanol–water partition coefficient (Wildman–Crippen LogP) is 8.18. The maximum Gasteiger partial charge on any atom is 0.343 e. The second-order valence-electron chi connectivity index (χ2n) is 8.56. The molecule has 0 fully saturated rings. The fraction of sp³-hybridized carbons (Fsp3) is 0.367. The molecule has 0 aliphatic heterocycles. The van der Waals surface area contributed by atoms with Crippen molar-refractivity contribution in [3.8, 4) is 16.9 Å². The molecule has 1 atom stereocenters. The summed E-state index contributed by atoms with van der Waals surface area (Å²) in [7, 11) is 0. The molecule has 3 rings (SSSR count). The Morgan fingerprint density at radius 3 is 2.00 bits per heavy atom. The van der Waals surface area contributed by atoms with Crippen LogP contribution in [0, 0.1) is 0 Å². The third kappa shape index (κ3) is 7.57. The Morgan fingerprint density at radius 2 is 1.39 bits per heavy atom. The molecule has 0 saturated carbocycles. The molecule has 0 aromatic heterocycles. The van der Waals surface area contributed by atoms with Gasteiger partial charge in [-0.3, -0.25) is 0 Å². The summed E-state index contributed by atoms with van der Waals surface area (Å²) in [5.41, 5.74) is 5.19. The summed E-state index contributed by atoms with van der Waals surface area (Å²) < 4.78 is 11.5. The van der Waals surface area contributed by atoms with E-state index in [1.165, 1.54) is 30.4 Å². The number of ether oxygens (including phenoxy) is 2. The summed E-state index contributed by atoms with van der Waals surface area (Å²) in [6.45, 7) is 7.28. The lowest BCUT2D eigenvalue weighted by Gasteiger charge is -2.14. The predicted molar refractivity (Wildman–Crippen MR) is 136 cm³/mol. The number of carbonyl (C=O) groups is 1. The van der Waals surface area contributed by atoms with Crippen LogP contribution < -0.4 is 4.74 Å². The van der Waals surface area contributed by atoms with E-state index < -0.39 is 0 Å². The highest BCUT2D eigenvalue weighted by molar-refractivity contribution is 5.91. The minimum Gasteiger partial charge on any atom is -0.423 e. The Morgan fingerprint density at radius 1 is 0.758 bits per heavy atom. The molecule has 0 aliphatic carbocycles. The Hall–Kier alpha value is -2.91. The molecule has 0 spiro atoms. The lowest BCUT2D eigenvalue weighted by atomic mass is 10.0. The summed E-state index contributed by atoms with van der Waals surface area (Å²) in [5.74, 6) is 0.210. The van der Waals surface area contributed by atoms with E-state index in [1.807, 2.05) is 48.5 Å².